The molecule has 0 spiro atoms. The maximum atomic E-state index is 11.2. The van der Waals surface area contributed by atoms with E-state index in [2.05, 4.69) is 13.8 Å². The molecule has 2 aliphatic rings. The Kier molecular flexibility index (Phi) is 27.4. The number of unbranched alkanes of at least 4 members (excludes halogenated alkanes) is 22. The third-order valence-corrected chi connectivity index (χ3v) is 11.7. The van der Waals surface area contributed by atoms with E-state index in [4.69, 9.17) is 18.9 Å². The van der Waals surface area contributed by atoms with E-state index in [9.17, 15) is 25.5 Å². The lowest BCUT2D eigenvalue weighted by Crippen LogP contribution is -2.62. The third-order valence-electron chi connectivity index (χ3n) is 11.7. The van der Waals surface area contributed by atoms with Crippen LogP contribution in [0.2, 0.25) is 0 Å². The first-order valence-corrected chi connectivity index (χ1v) is 22.2. The van der Waals surface area contributed by atoms with Gasteiger partial charge in [0, 0.05) is 5.92 Å². The molecular formula is C43H84O9. The van der Waals surface area contributed by atoms with Crippen molar-refractivity contribution in [2.75, 3.05) is 13.2 Å². The van der Waals surface area contributed by atoms with Gasteiger partial charge in [0.25, 0.3) is 0 Å². The molecule has 0 amide bonds. The van der Waals surface area contributed by atoms with Crippen LogP contribution in [0.1, 0.15) is 195 Å². The highest BCUT2D eigenvalue weighted by Gasteiger charge is 2.49. The van der Waals surface area contributed by atoms with Gasteiger partial charge in [-0.15, -0.1) is 0 Å². The molecule has 10 atom stereocenters. The molecule has 310 valence electrons. The Labute approximate surface area is 318 Å². The van der Waals surface area contributed by atoms with Crippen LogP contribution < -0.4 is 0 Å². The van der Waals surface area contributed by atoms with E-state index in [-0.39, 0.29) is 6.61 Å². The summed E-state index contributed by atoms with van der Waals surface area (Å²) in [7, 11) is 0. The summed E-state index contributed by atoms with van der Waals surface area (Å²) in [5, 5.41) is 52.3. The number of aliphatic hydroxyl groups is 5. The predicted molar refractivity (Wildman–Crippen MR) is 209 cm³/mol. The van der Waals surface area contributed by atoms with E-state index in [0.717, 1.165) is 12.8 Å². The fraction of sp³-hybridized carbons (Fsp3) is 1.00. The van der Waals surface area contributed by atoms with Gasteiger partial charge in [0.05, 0.1) is 25.4 Å². The molecule has 2 rings (SSSR count). The quantitative estimate of drug-likeness (QED) is 0.0428. The van der Waals surface area contributed by atoms with Gasteiger partial charge in [-0.3, -0.25) is 0 Å². The van der Waals surface area contributed by atoms with Crippen molar-refractivity contribution in [3.05, 3.63) is 0 Å². The van der Waals surface area contributed by atoms with E-state index in [0.29, 0.717) is 12.5 Å². The molecular weight excluding hydrogens is 660 g/mol. The highest BCUT2D eigenvalue weighted by atomic mass is 16.7. The van der Waals surface area contributed by atoms with Crippen LogP contribution in [-0.4, -0.2) is 94.1 Å². The Balaban J connectivity index is 1.79. The van der Waals surface area contributed by atoms with Crippen LogP contribution in [0, 0.1) is 11.8 Å². The molecule has 0 aromatic carbocycles. The fourth-order valence-corrected chi connectivity index (χ4v) is 7.98. The molecule has 2 fully saturated rings. The van der Waals surface area contributed by atoms with Crippen LogP contribution in [0.25, 0.3) is 0 Å². The highest BCUT2D eigenvalue weighted by Crippen LogP contribution is 2.33. The minimum atomic E-state index is -1.48. The van der Waals surface area contributed by atoms with Crippen LogP contribution in [0.4, 0.5) is 0 Å². The molecule has 52 heavy (non-hydrogen) atoms. The Morgan fingerprint density at radius 1 is 0.500 bits per heavy atom. The van der Waals surface area contributed by atoms with Crippen LogP contribution in [0.15, 0.2) is 0 Å². The lowest BCUT2D eigenvalue weighted by Gasteiger charge is -2.46. The second-order valence-corrected chi connectivity index (χ2v) is 16.4. The molecule has 0 radical (unpaired) electrons. The van der Waals surface area contributed by atoms with Gasteiger partial charge in [0.15, 0.2) is 12.6 Å². The van der Waals surface area contributed by atoms with Gasteiger partial charge in [0.2, 0.25) is 0 Å². The van der Waals surface area contributed by atoms with Gasteiger partial charge >= 0.3 is 0 Å². The molecule has 2 heterocycles. The third kappa shape index (κ3) is 19.0. The zero-order valence-corrected chi connectivity index (χ0v) is 34.0. The Morgan fingerprint density at radius 3 is 1.35 bits per heavy atom. The molecule has 0 aliphatic carbocycles. The van der Waals surface area contributed by atoms with Gasteiger partial charge in [-0.2, -0.15) is 0 Å². The summed E-state index contributed by atoms with van der Waals surface area (Å²) in [6, 6.07) is 0. The number of ether oxygens (including phenoxy) is 4. The van der Waals surface area contributed by atoms with Gasteiger partial charge in [-0.1, -0.05) is 175 Å². The lowest BCUT2D eigenvalue weighted by molar-refractivity contribution is -0.349. The number of hydrogen-bond acceptors (Lipinski definition) is 9. The molecule has 0 aromatic heterocycles. The fourth-order valence-electron chi connectivity index (χ4n) is 7.98. The normalized spacial score (nSPS) is 29.7. The second-order valence-electron chi connectivity index (χ2n) is 16.4. The Bertz CT molecular complexity index is 787. The van der Waals surface area contributed by atoms with Gasteiger partial charge < -0.3 is 44.5 Å². The van der Waals surface area contributed by atoms with Crippen molar-refractivity contribution < 1.29 is 44.5 Å². The molecule has 9 nitrogen and oxygen atoms in total. The minimum absolute atomic E-state index is 0.369. The lowest BCUT2D eigenvalue weighted by atomic mass is 9.90. The molecule has 5 N–H and O–H groups in total. The summed E-state index contributed by atoms with van der Waals surface area (Å²) in [5.74, 6) is -0.115. The van der Waals surface area contributed by atoms with Crippen LogP contribution in [-0.2, 0) is 18.9 Å². The first kappa shape index (κ1) is 47.8. The van der Waals surface area contributed by atoms with Gasteiger partial charge in [-0.25, -0.2) is 0 Å². The SMILES string of the molecule is CCCCCCCCCCCCCCC(CCCCCCCCCCCCCC)CO[C@@H]1OC(CO)[C@H](O[C@H]2OC(C)[C@@H](O)C(O)C2O)[C@H](C)C1O. The van der Waals surface area contributed by atoms with Crippen LogP contribution >= 0.6 is 0 Å². The van der Waals surface area contributed by atoms with E-state index >= 15 is 0 Å². The molecule has 2 saturated heterocycles. The standard InChI is InChI=1S/C43H84O9/c1-5-7-9-11-13-15-17-19-21-23-25-27-29-35(30-28-26-24-22-20-18-16-14-12-10-8-6-2)32-49-42-37(45)33(3)41(36(31-44)51-42)52-43-40(48)39(47)38(46)34(4)50-43/h33-48H,5-32H2,1-4H3/t33-,34?,36?,37?,38-,39?,40?,41-,42-,43-/m1/s1. The molecule has 2 aliphatic heterocycles. The van der Waals surface area contributed by atoms with Crippen molar-refractivity contribution in [1.82, 2.24) is 0 Å². The van der Waals surface area contributed by atoms with E-state index in [1.807, 2.05) is 0 Å². The van der Waals surface area contributed by atoms with Crippen LogP contribution in [0.3, 0.4) is 0 Å². The zero-order valence-electron chi connectivity index (χ0n) is 34.0. The predicted octanol–water partition coefficient (Wildman–Crippen LogP) is 8.73. The summed E-state index contributed by atoms with van der Waals surface area (Å²) in [5.41, 5.74) is 0. The number of rotatable bonds is 32. The van der Waals surface area contributed by atoms with E-state index < -0.39 is 61.2 Å². The summed E-state index contributed by atoms with van der Waals surface area (Å²) in [4.78, 5) is 0. The molecule has 5 unspecified atom stereocenters. The van der Waals surface area contributed by atoms with Crippen molar-refractivity contribution in [3.8, 4) is 0 Å². The number of hydrogen-bond donors (Lipinski definition) is 5. The molecule has 0 aromatic rings. The average Bonchev–Trinajstić information content (AvgIpc) is 3.14. The smallest absolute Gasteiger partial charge is 0.186 e. The highest BCUT2D eigenvalue weighted by molar-refractivity contribution is 4.92. The van der Waals surface area contributed by atoms with Crippen molar-refractivity contribution in [1.29, 1.82) is 0 Å². The Hall–Kier alpha value is -0.360. The largest absolute Gasteiger partial charge is 0.394 e. The van der Waals surface area contributed by atoms with E-state index in [1.165, 1.54) is 154 Å². The first-order valence-electron chi connectivity index (χ1n) is 22.2. The molecule has 0 bridgehead atoms. The minimum Gasteiger partial charge on any atom is -0.394 e. The topological polar surface area (TPSA) is 138 Å². The van der Waals surface area contributed by atoms with Crippen molar-refractivity contribution in [2.45, 2.75) is 250 Å². The van der Waals surface area contributed by atoms with Crippen molar-refractivity contribution >= 4 is 0 Å². The maximum absolute atomic E-state index is 11.2. The first-order chi connectivity index (χ1) is 25.2. The average molecular weight is 745 g/mol. The van der Waals surface area contributed by atoms with Gasteiger partial charge in [-0.05, 0) is 25.7 Å². The van der Waals surface area contributed by atoms with E-state index in [1.54, 1.807) is 13.8 Å². The summed E-state index contributed by atoms with van der Waals surface area (Å²) < 4.78 is 24.0. The summed E-state index contributed by atoms with van der Waals surface area (Å²) in [6.45, 7) is 8.07. The second kappa shape index (κ2) is 29.9. The number of aliphatic hydroxyl groups excluding tert-OH is 5. The zero-order chi connectivity index (χ0) is 38.0. The molecule has 9 heteroatoms. The molecule has 0 saturated carbocycles. The van der Waals surface area contributed by atoms with Gasteiger partial charge in [0.1, 0.15) is 30.5 Å². The monoisotopic (exact) mass is 745 g/mol. The van der Waals surface area contributed by atoms with Crippen LogP contribution in [0.5, 0.6) is 0 Å². The summed E-state index contributed by atoms with van der Waals surface area (Å²) >= 11 is 0. The Morgan fingerprint density at radius 2 is 0.923 bits per heavy atom. The van der Waals surface area contributed by atoms with Crippen molar-refractivity contribution in [3.63, 3.8) is 0 Å². The summed E-state index contributed by atoms with van der Waals surface area (Å²) in [6.07, 6.45) is 24.5. The maximum Gasteiger partial charge on any atom is 0.186 e. The van der Waals surface area contributed by atoms with Crippen molar-refractivity contribution in [2.24, 2.45) is 11.8 Å².